The Balaban J connectivity index is 1.96. The van der Waals surface area contributed by atoms with Crippen molar-refractivity contribution in [2.75, 3.05) is 11.4 Å². The van der Waals surface area contributed by atoms with Crippen LogP contribution in [-0.2, 0) is 0 Å². The molecule has 4 nitrogen and oxygen atoms in total. The highest BCUT2D eigenvalue weighted by Gasteiger charge is 2.36. The topological polar surface area (TPSA) is 53.4 Å². The quantitative estimate of drug-likeness (QED) is 0.871. The predicted molar refractivity (Wildman–Crippen MR) is 68.9 cm³/mol. The first kappa shape index (κ1) is 11.5. The van der Waals surface area contributed by atoms with Crippen LogP contribution in [0.2, 0.25) is 0 Å². The standard InChI is InChI=1S/C14H18N2O2/c17-14(18)11-6-7-15-9-13(11)16-8-2-4-10-3-1-5-12(10)16/h6-7,9-10,12H,1-5,8H2,(H,17,18). The Morgan fingerprint density at radius 2 is 2.17 bits per heavy atom. The number of pyridine rings is 1. The van der Waals surface area contributed by atoms with E-state index in [1.54, 1.807) is 18.5 Å². The Hall–Kier alpha value is -1.58. The fraction of sp³-hybridized carbons (Fsp3) is 0.571. The third-order valence-corrected chi connectivity index (χ3v) is 4.33. The average Bonchev–Trinajstić information content (AvgIpc) is 2.86. The van der Waals surface area contributed by atoms with Gasteiger partial charge in [0.1, 0.15) is 0 Å². The van der Waals surface area contributed by atoms with Crippen molar-refractivity contribution in [2.24, 2.45) is 5.92 Å². The number of rotatable bonds is 2. The third kappa shape index (κ3) is 1.85. The van der Waals surface area contributed by atoms with Gasteiger partial charge in [0.05, 0.1) is 17.4 Å². The van der Waals surface area contributed by atoms with Gasteiger partial charge in [-0.05, 0) is 37.7 Å². The minimum Gasteiger partial charge on any atom is -0.478 e. The van der Waals surface area contributed by atoms with E-state index in [9.17, 15) is 9.90 Å². The number of aromatic nitrogens is 1. The van der Waals surface area contributed by atoms with Gasteiger partial charge in [0.2, 0.25) is 0 Å². The summed E-state index contributed by atoms with van der Waals surface area (Å²) < 4.78 is 0. The van der Waals surface area contributed by atoms with Crippen molar-refractivity contribution in [1.29, 1.82) is 0 Å². The minimum absolute atomic E-state index is 0.387. The van der Waals surface area contributed by atoms with Crippen molar-refractivity contribution < 1.29 is 9.90 Å². The summed E-state index contributed by atoms with van der Waals surface area (Å²) in [5.41, 5.74) is 1.19. The van der Waals surface area contributed by atoms with Crippen LogP contribution in [0.5, 0.6) is 0 Å². The number of hydrogen-bond acceptors (Lipinski definition) is 3. The predicted octanol–water partition coefficient (Wildman–Crippen LogP) is 2.55. The van der Waals surface area contributed by atoms with Crippen LogP contribution in [0.15, 0.2) is 18.5 Å². The third-order valence-electron chi connectivity index (χ3n) is 4.33. The van der Waals surface area contributed by atoms with Gasteiger partial charge >= 0.3 is 5.97 Å². The van der Waals surface area contributed by atoms with Crippen LogP contribution in [-0.4, -0.2) is 28.6 Å². The first-order valence-electron chi connectivity index (χ1n) is 6.71. The Kier molecular flexibility index (Phi) is 2.94. The number of fused-ring (bicyclic) bond motifs is 1. The van der Waals surface area contributed by atoms with Crippen molar-refractivity contribution in [3.63, 3.8) is 0 Å². The Morgan fingerprint density at radius 3 is 3.00 bits per heavy atom. The van der Waals surface area contributed by atoms with E-state index >= 15 is 0 Å². The molecule has 2 atom stereocenters. The largest absolute Gasteiger partial charge is 0.478 e. The van der Waals surface area contributed by atoms with Crippen molar-refractivity contribution >= 4 is 11.7 Å². The maximum absolute atomic E-state index is 11.3. The number of carboxylic acid groups (broad SMARTS) is 1. The molecule has 1 aliphatic heterocycles. The second-order valence-electron chi connectivity index (χ2n) is 5.29. The lowest BCUT2D eigenvalue weighted by Crippen LogP contribution is -2.43. The van der Waals surface area contributed by atoms with E-state index in [1.165, 1.54) is 25.7 Å². The Bertz CT molecular complexity index is 461. The van der Waals surface area contributed by atoms with E-state index in [0.29, 0.717) is 11.6 Å². The molecule has 1 N–H and O–H groups in total. The monoisotopic (exact) mass is 246 g/mol. The molecule has 2 unspecified atom stereocenters. The van der Waals surface area contributed by atoms with Crippen molar-refractivity contribution in [3.8, 4) is 0 Å². The van der Waals surface area contributed by atoms with Gasteiger partial charge in [-0.1, -0.05) is 6.42 Å². The molecule has 1 saturated carbocycles. The van der Waals surface area contributed by atoms with Gasteiger partial charge in [-0.2, -0.15) is 0 Å². The van der Waals surface area contributed by atoms with E-state index in [1.807, 2.05) is 0 Å². The number of aromatic carboxylic acids is 1. The zero-order valence-corrected chi connectivity index (χ0v) is 10.4. The van der Waals surface area contributed by atoms with Crippen molar-refractivity contribution in [3.05, 3.63) is 24.0 Å². The second kappa shape index (κ2) is 4.59. The normalized spacial score (nSPS) is 27.0. The van der Waals surface area contributed by atoms with Gasteiger partial charge in [0, 0.05) is 18.8 Å². The smallest absolute Gasteiger partial charge is 0.337 e. The first-order chi connectivity index (χ1) is 8.77. The molecular formula is C14H18N2O2. The highest BCUT2D eigenvalue weighted by Crippen LogP contribution is 2.39. The van der Waals surface area contributed by atoms with Crippen molar-refractivity contribution in [2.45, 2.75) is 38.1 Å². The minimum atomic E-state index is -0.854. The SMILES string of the molecule is O=C(O)c1ccncc1N1CCCC2CCCC21. The van der Waals surface area contributed by atoms with E-state index < -0.39 is 5.97 Å². The highest BCUT2D eigenvalue weighted by molar-refractivity contribution is 5.94. The number of nitrogens with zero attached hydrogens (tertiary/aromatic N) is 2. The Labute approximate surface area is 107 Å². The molecule has 2 heterocycles. The zero-order valence-electron chi connectivity index (χ0n) is 10.4. The fourth-order valence-corrected chi connectivity index (χ4v) is 3.55. The number of carboxylic acids is 1. The molecule has 3 rings (SSSR count). The van der Waals surface area contributed by atoms with E-state index in [4.69, 9.17) is 0 Å². The molecule has 1 aliphatic carbocycles. The summed E-state index contributed by atoms with van der Waals surface area (Å²) in [6.45, 7) is 0.965. The van der Waals surface area contributed by atoms with E-state index in [2.05, 4.69) is 9.88 Å². The summed E-state index contributed by atoms with van der Waals surface area (Å²) in [6, 6.07) is 2.14. The van der Waals surface area contributed by atoms with Gasteiger partial charge in [-0.3, -0.25) is 4.98 Å². The molecule has 0 bridgehead atoms. The molecule has 0 amide bonds. The fourth-order valence-electron chi connectivity index (χ4n) is 3.55. The van der Waals surface area contributed by atoms with Crippen LogP contribution in [0, 0.1) is 5.92 Å². The van der Waals surface area contributed by atoms with Gasteiger partial charge in [0.25, 0.3) is 0 Å². The number of anilines is 1. The van der Waals surface area contributed by atoms with Gasteiger partial charge < -0.3 is 10.0 Å². The van der Waals surface area contributed by atoms with Crippen molar-refractivity contribution in [1.82, 2.24) is 4.98 Å². The molecule has 1 saturated heterocycles. The lowest BCUT2D eigenvalue weighted by atomic mass is 9.91. The molecule has 1 aromatic heterocycles. The maximum atomic E-state index is 11.3. The van der Waals surface area contributed by atoms with Gasteiger partial charge in [-0.15, -0.1) is 0 Å². The van der Waals surface area contributed by atoms with Crippen LogP contribution >= 0.6 is 0 Å². The van der Waals surface area contributed by atoms with E-state index in [0.717, 1.165) is 24.6 Å². The molecule has 18 heavy (non-hydrogen) atoms. The van der Waals surface area contributed by atoms with Crippen LogP contribution in [0.4, 0.5) is 5.69 Å². The van der Waals surface area contributed by atoms with Gasteiger partial charge in [-0.25, -0.2) is 4.79 Å². The van der Waals surface area contributed by atoms with Crippen LogP contribution in [0.1, 0.15) is 42.5 Å². The average molecular weight is 246 g/mol. The molecule has 2 aliphatic rings. The number of hydrogen-bond donors (Lipinski definition) is 1. The summed E-state index contributed by atoms with van der Waals surface area (Å²) in [7, 11) is 0. The molecule has 0 spiro atoms. The second-order valence-corrected chi connectivity index (χ2v) is 5.29. The first-order valence-corrected chi connectivity index (χ1v) is 6.71. The summed E-state index contributed by atoms with van der Waals surface area (Å²) in [4.78, 5) is 17.7. The molecule has 0 radical (unpaired) electrons. The highest BCUT2D eigenvalue weighted by atomic mass is 16.4. The molecule has 0 aromatic carbocycles. The zero-order chi connectivity index (χ0) is 12.5. The molecule has 96 valence electrons. The molecule has 4 heteroatoms. The summed E-state index contributed by atoms with van der Waals surface area (Å²) in [6.07, 6.45) is 9.49. The number of carbonyl (C=O) groups is 1. The molecule has 2 fully saturated rings. The molecule has 1 aromatic rings. The maximum Gasteiger partial charge on any atom is 0.337 e. The van der Waals surface area contributed by atoms with Gasteiger partial charge in [0.15, 0.2) is 0 Å². The number of piperidine rings is 1. The molecular weight excluding hydrogens is 228 g/mol. The van der Waals surface area contributed by atoms with E-state index in [-0.39, 0.29) is 0 Å². The lowest BCUT2D eigenvalue weighted by Gasteiger charge is -2.39. The van der Waals surface area contributed by atoms with Crippen LogP contribution < -0.4 is 4.90 Å². The Morgan fingerprint density at radius 1 is 1.33 bits per heavy atom. The summed E-state index contributed by atoms with van der Waals surface area (Å²) in [5.74, 6) is -0.104. The summed E-state index contributed by atoms with van der Waals surface area (Å²) >= 11 is 0. The van der Waals surface area contributed by atoms with Crippen LogP contribution in [0.3, 0.4) is 0 Å². The lowest BCUT2D eigenvalue weighted by molar-refractivity contribution is 0.0697. The van der Waals surface area contributed by atoms with Crippen LogP contribution in [0.25, 0.3) is 0 Å². The summed E-state index contributed by atoms with van der Waals surface area (Å²) in [5, 5.41) is 9.28.